The lowest BCUT2D eigenvalue weighted by atomic mass is 10.3. The summed E-state index contributed by atoms with van der Waals surface area (Å²) in [5.41, 5.74) is 1.12. The van der Waals surface area contributed by atoms with Crippen molar-refractivity contribution in [3.05, 3.63) is 23.8 Å². The number of ether oxygens (including phenoxy) is 1. The maximum atomic E-state index is 13.1. The third-order valence-electron chi connectivity index (χ3n) is 1.93. The number of hydrogen-bond acceptors (Lipinski definition) is 3. The van der Waals surface area contributed by atoms with Crippen LogP contribution in [0.4, 0.5) is 4.39 Å². The molecule has 0 bridgehead atoms. The summed E-state index contributed by atoms with van der Waals surface area (Å²) in [4.78, 5) is 7.05. The number of aromatic nitrogens is 2. The van der Waals surface area contributed by atoms with Crippen LogP contribution < -0.4 is 4.74 Å². The van der Waals surface area contributed by atoms with Gasteiger partial charge in [0.1, 0.15) is 23.2 Å². The molecule has 1 N–H and O–H groups in total. The summed E-state index contributed by atoms with van der Waals surface area (Å²) in [6.07, 6.45) is 0. The first-order valence-electron chi connectivity index (χ1n) is 5.36. The lowest BCUT2D eigenvalue weighted by Crippen LogP contribution is -1.95. The first-order valence-corrected chi connectivity index (χ1v) is 5.36. The van der Waals surface area contributed by atoms with Gasteiger partial charge in [0.05, 0.1) is 5.52 Å². The zero-order valence-electron chi connectivity index (χ0n) is 10.0. The Balaban J connectivity index is 0.000000686. The minimum Gasteiger partial charge on any atom is -0.476 e. The molecule has 0 saturated heterocycles. The van der Waals surface area contributed by atoms with Crippen LogP contribution in [0.3, 0.4) is 0 Å². The number of nitrogens with one attached hydrogen (secondary N) is 1. The van der Waals surface area contributed by atoms with Gasteiger partial charge in [-0.05, 0) is 13.0 Å². The van der Waals surface area contributed by atoms with E-state index in [0.29, 0.717) is 16.9 Å². The molecule has 1 heterocycles. The van der Waals surface area contributed by atoms with Crippen molar-refractivity contribution in [3.63, 3.8) is 0 Å². The van der Waals surface area contributed by atoms with Crippen LogP contribution in [0.15, 0.2) is 12.1 Å². The van der Waals surface area contributed by atoms with Gasteiger partial charge in [-0.1, -0.05) is 13.8 Å². The second kappa shape index (κ2) is 5.85. The van der Waals surface area contributed by atoms with Crippen LogP contribution in [-0.2, 0) is 0 Å². The monoisotopic (exact) mass is 235 g/mol. The van der Waals surface area contributed by atoms with Crippen molar-refractivity contribution in [2.45, 2.75) is 20.8 Å². The van der Waals surface area contributed by atoms with E-state index in [1.807, 2.05) is 19.9 Å². The van der Waals surface area contributed by atoms with E-state index in [0.717, 1.165) is 0 Å². The number of H-pyrrole nitrogens is 1. The van der Waals surface area contributed by atoms with Gasteiger partial charge in [-0.15, -0.1) is 0 Å². The highest BCUT2D eigenvalue weighted by atomic mass is 19.1. The maximum Gasteiger partial charge on any atom is 0.174 e. The summed E-state index contributed by atoms with van der Waals surface area (Å²) >= 11 is 0. The van der Waals surface area contributed by atoms with Crippen LogP contribution in [0, 0.1) is 24.1 Å². The highest BCUT2D eigenvalue weighted by molar-refractivity contribution is 5.81. The number of rotatable bonds is 2. The largest absolute Gasteiger partial charge is 0.476 e. The van der Waals surface area contributed by atoms with Crippen molar-refractivity contribution >= 4 is 11.0 Å². The number of benzene rings is 1. The third kappa shape index (κ3) is 2.94. The van der Waals surface area contributed by atoms with E-state index in [1.54, 1.807) is 6.92 Å². The Morgan fingerprint density at radius 1 is 1.47 bits per heavy atom. The number of halogens is 1. The molecule has 90 valence electrons. The van der Waals surface area contributed by atoms with Gasteiger partial charge in [0.2, 0.25) is 0 Å². The number of nitriles is 1. The van der Waals surface area contributed by atoms with Crippen LogP contribution in [0.5, 0.6) is 5.75 Å². The van der Waals surface area contributed by atoms with Crippen molar-refractivity contribution in [2.75, 3.05) is 6.61 Å². The molecule has 4 nitrogen and oxygen atoms in total. The molecule has 0 unspecified atom stereocenters. The highest BCUT2D eigenvalue weighted by Gasteiger charge is 2.09. The van der Waals surface area contributed by atoms with Crippen LogP contribution in [0.25, 0.3) is 11.0 Å². The Morgan fingerprint density at radius 3 is 2.82 bits per heavy atom. The minimum absolute atomic E-state index is 0.121. The molecule has 0 radical (unpaired) electrons. The van der Waals surface area contributed by atoms with Gasteiger partial charge in [0.15, 0.2) is 12.4 Å². The fourth-order valence-electron chi connectivity index (χ4n) is 1.40. The van der Waals surface area contributed by atoms with E-state index in [4.69, 9.17) is 10.00 Å². The van der Waals surface area contributed by atoms with Crippen molar-refractivity contribution < 1.29 is 9.13 Å². The van der Waals surface area contributed by atoms with E-state index in [2.05, 4.69) is 9.97 Å². The van der Waals surface area contributed by atoms with Crippen molar-refractivity contribution in [2.24, 2.45) is 0 Å². The molecule has 0 atom stereocenters. The predicted octanol–water partition coefficient (Wildman–Crippen LogP) is 2.94. The Morgan fingerprint density at radius 2 is 2.18 bits per heavy atom. The highest BCUT2D eigenvalue weighted by Crippen LogP contribution is 2.25. The van der Waals surface area contributed by atoms with Crippen LogP contribution in [0.1, 0.15) is 19.7 Å². The number of fused-ring (bicyclic) bond motifs is 1. The standard InChI is InChI=1S/C10H8FN3O.C2H6/c1-6-13-8-4-7(11)5-9(10(8)14-6)15-3-2-12;1-2/h4-5H,3H2,1H3,(H,13,14);1-2H3. The van der Waals surface area contributed by atoms with Gasteiger partial charge in [0.25, 0.3) is 0 Å². The minimum atomic E-state index is -0.418. The topological polar surface area (TPSA) is 61.7 Å². The Kier molecular flexibility index (Phi) is 4.46. The van der Waals surface area contributed by atoms with E-state index < -0.39 is 5.82 Å². The Bertz CT molecular complexity index is 542. The van der Waals surface area contributed by atoms with Gasteiger partial charge in [-0.25, -0.2) is 9.37 Å². The Hall–Kier alpha value is -2.09. The number of hydrogen-bond donors (Lipinski definition) is 1. The molecule has 2 aromatic rings. The summed E-state index contributed by atoms with van der Waals surface area (Å²) in [5.74, 6) is 0.549. The number of imidazole rings is 1. The first kappa shape index (κ1) is 13.0. The molecule has 0 saturated carbocycles. The number of nitrogens with zero attached hydrogens (tertiary/aromatic N) is 2. The SMILES string of the molecule is CC.Cc1nc2c(OCC#N)cc(F)cc2[nH]1. The average molecular weight is 235 g/mol. The van der Waals surface area contributed by atoms with E-state index in [9.17, 15) is 4.39 Å². The molecule has 0 fully saturated rings. The van der Waals surface area contributed by atoms with Crippen molar-refractivity contribution in [1.29, 1.82) is 5.26 Å². The van der Waals surface area contributed by atoms with E-state index in [1.165, 1.54) is 12.1 Å². The summed E-state index contributed by atoms with van der Waals surface area (Å²) in [5, 5.41) is 8.38. The quantitative estimate of drug-likeness (QED) is 0.870. The maximum absolute atomic E-state index is 13.1. The summed E-state index contributed by atoms with van der Waals surface area (Å²) < 4.78 is 18.2. The lowest BCUT2D eigenvalue weighted by Gasteiger charge is -2.01. The first-order chi connectivity index (χ1) is 8.20. The Labute approximate surface area is 99.0 Å². The molecule has 5 heteroatoms. The van der Waals surface area contributed by atoms with Gasteiger partial charge in [0, 0.05) is 6.07 Å². The fourth-order valence-corrected chi connectivity index (χ4v) is 1.40. The second-order valence-corrected chi connectivity index (χ2v) is 3.07. The molecule has 1 aromatic carbocycles. The zero-order chi connectivity index (χ0) is 12.8. The normalized spacial score (nSPS) is 9.35. The molecule has 1 aromatic heterocycles. The van der Waals surface area contributed by atoms with Crippen molar-refractivity contribution in [3.8, 4) is 11.8 Å². The van der Waals surface area contributed by atoms with Crippen LogP contribution in [-0.4, -0.2) is 16.6 Å². The third-order valence-corrected chi connectivity index (χ3v) is 1.93. The molecule has 0 aliphatic heterocycles. The second-order valence-electron chi connectivity index (χ2n) is 3.07. The van der Waals surface area contributed by atoms with Crippen LogP contribution >= 0.6 is 0 Å². The van der Waals surface area contributed by atoms with Gasteiger partial charge in [-0.3, -0.25) is 0 Å². The number of aryl methyl sites for hydroxylation is 1. The predicted molar refractivity (Wildman–Crippen MR) is 63.2 cm³/mol. The van der Waals surface area contributed by atoms with Gasteiger partial charge < -0.3 is 9.72 Å². The molecular weight excluding hydrogens is 221 g/mol. The molecule has 0 spiro atoms. The summed E-state index contributed by atoms with van der Waals surface area (Å²) in [6.45, 7) is 5.65. The number of aromatic amines is 1. The lowest BCUT2D eigenvalue weighted by molar-refractivity contribution is 0.369. The molecule has 17 heavy (non-hydrogen) atoms. The molecular formula is C12H14FN3O. The van der Waals surface area contributed by atoms with Crippen molar-refractivity contribution in [1.82, 2.24) is 9.97 Å². The van der Waals surface area contributed by atoms with E-state index >= 15 is 0 Å². The smallest absolute Gasteiger partial charge is 0.174 e. The fraction of sp³-hybridized carbons (Fsp3) is 0.333. The molecule has 2 rings (SSSR count). The van der Waals surface area contributed by atoms with E-state index in [-0.39, 0.29) is 12.4 Å². The molecule has 0 aliphatic rings. The average Bonchev–Trinajstić information content (AvgIpc) is 2.69. The van der Waals surface area contributed by atoms with Gasteiger partial charge >= 0.3 is 0 Å². The van der Waals surface area contributed by atoms with Crippen LogP contribution in [0.2, 0.25) is 0 Å². The zero-order valence-corrected chi connectivity index (χ0v) is 10.0. The summed E-state index contributed by atoms with van der Waals surface area (Å²) in [7, 11) is 0. The summed E-state index contributed by atoms with van der Waals surface area (Å²) in [6, 6.07) is 4.39. The molecule has 0 amide bonds. The van der Waals surface area contributed by atoms with Gasteiger partial charge in [-0.2, -0.15) is 5.26 Å². The molecule has 0 aliphatic carbocycles.